The van der Waals surface area contributed by atoms with Crippen LogP contribution in [0.4, 0.5) is 5.69 Å². The predicted molar refractivity (Wildman–Crippen MR) is 97.4 cm³/mol. The highest BCUT2D eigenvalue weighted by Crippen LogP contribution is 2.32. The van der Waals surface area contributed by atoms with Crippen LogP contribution < -0.4 is 19.5 Å². The number of halogens is 1. The van der Waals surface area contributed by atoms with Crippen molar-refractivity contribution in [1.29, 1.82) is 0 Å². The number of nitrogens with one attached hydrogen (secondary N) is 2. The van der Waals surface area contributed by atoms with Gasteiger partial charge in [0.1, 0.15) is 13.2 Å². The molecule has 0 fully saturated rings. The smallest absolute Gasteiger partial charge is 0.241 e. The van der Waals surface area contributed by atoms with Gasteiger partial charge in [0.2, 0.25) is 15.9 Å². The lowest BCUT2D eigenvalue weighted by atomic mass is 10.2. The number of carbonyl (C=O) groups excluding carboxylic acids is 1. The lowest BCUT2D eigenvalue weighted by Gasteiger charge is -2.18. The largest absolute Gasteiger partial charge is 0.486 e. The van der Waals surface area contributed by atoms with Crippen LogP contribution in [0, 0.1) is 6.92 Å². The van der Waals surface area contributed by atoms with Crippen LogP contribution in [0.3, 0.4) is 0 Å². The van der Waals surface area contributed by atoms with Crippen molar-refractivity contribution < 1.29 is 22.7 Å². The SMILES string of the molecule is Cc1ccc(Cl)cc1NC(=O)CNS(=O)(=O)c1ccc2c(c1)OCCO2. The molecule has 26 heavy (non-hydrogen) atoms. The standard InChI is InChI=1S/C17H17ClN2O5S/c1-11-2-3-12(18)8-14(11)20-17(21)10-19-26(22,23)13-4-5-15-16(9-13)25-7-6-24-15/h2-5,8-9,19H,6-7,10H2,1H3,(H,20,21). The minimum atomic E-state index is -3.87. The Kier molecular flexibility index (Phi) is 5.36. The average molecular weight is 397 g/mol. The molecule has 1 aliphatic heterocycles. The number of aryl methyl sites for hydroxylation is 1. The van der Waals surface area contributed by atoms with E-state index in [-0.39, 0.29) is 4.90 Å². The number of hydrogen-bond acceptors (Lipinski definition) is 5. The van der Waals surface area contributed by atoms with Crippen LogP contribution in [0.1, 0.15) is 5.56 Å². The molecule has 0 radical (unpaired) electrons. The molecule has 7 nitrogen and oxygen atoms in total. The van der Waals surface area contributed by atoms with E-state index in [1.54, 1.807) is 18.2 Å². The van der Waals surface area contributed by atoms with Gasteiger partial charge in [0.15, 0.2) is 11.5 Å². The third-order valence-corrected chi connectivity index (χ3v) is 5.35. The van der Waals surface area contributed by atoms with E-state index in [1.807, 2.05) is 6.92 Å². The Balaban J connectivity index is 1.66. The third kappa shape index (κ3) is 4.27. The molecule has 0 atom stereocenters. The molecule has 1 amide bonds. The first kappa shape index (κ1) is 18.5. The summed E-state index contributed by atoms with van der Waals surface area (Å²) in [6, 6.07) is 9.36. The zero-order valence-electron chi connectivity index (χ0n) is 13.9. The number of carbonyl (C=O) groups is 1. The molecule has 0 spiro atoms. The van der Waals surface area contributed by atoms with Gasteiger partial charge in [-0.3, -0.25) is 4.79 Å². The summed E-state index contributed by atoms with van der Waals surface area (Å²) in [4.78, 5) is 12.1. The van der Waals surface area contributed by atoms with Crippen LogP contribution in [-0.4, -0.2) is 34.1 Å². The first-order valence-corrected chi connectivity index (χ1v) is 9.66. The van der Waals surface area contributed by atoms with Crippen molar-refractivity contribution in [1.82, 2.24) is 4.72 Å². The van der Waals surface area contributed by atoms with Gasteiger partial charge in [-0.25, -0.2) is 13.1 Å². The highest BCUT2D eigenvalue weighted by atomic mass is 35.5. The second-order valence-corrected chi connectivity index (χ2v) is 7.84. The maximum absolute atomic E-state index is 12.4. The highest BCUT2D eigenvalue weighted by molar-refractivity contribution is 7.89. The van der Waals surface area contributed by atoms with Crippen molar-refractivity contribution in [2.45, 2.75) is 11.8 Å². The van der Waals surface area contributed by atoms with Crippen LogP contribution in [0.5, 0.6) is 11.5 Å². The Morgan fingerprint density at radius 2 is 1.85 bits per heavy atom. The van der Waals surface area contributed by atoms with E-state index in [4.69, 9.17) is 21.1 Å². The van der Waals surface area contributed by atoms with Gasteiger partial charge in [0, 0.05) is 16.8 Å². The summed E-state index contributed by atoms with van der Waals surface area (Å²) in [6.07, 6.45) is 0. The van der Waals surface area contributed by atoms with Gasteiger partial charge >= 0.3 is 0 Å². The van der Waals surface area contributed by atoms with E-state index < -0.39 is 22.5 Å². The molecule has 1 aliphatic rings. The first-order valence-electron chi connectivity index (χ1n) is 7.80. The van der Waals surface area contributed by atoms with Crippen LogP contribution in [0.25, 0.3) is 0 Å². The second-order valence-electron chi connectivity index (χ2n) is 5.64. The molecule has 2 aromatic carbocycles. The molecule has 2 N–H and O–H groups in total. The fourth-order valence-electron chi connectivity index (χ4n) is 2.36. The molecular weight excluding hydrogens is 380 g/mol. The Bertz CT molecular complexity index is 946. The molecule has 3 rings (SSSR count). The molecule has 0 saturated carbocycles. The van der Waals surface area contributed by atoms with E-state index >= 15 is 0 Å². The predicted octanol–water partition coefficient (Wildman–Crippen LogP) is 2.34. The number of benzene rings is 2. The van der Waals surface area contributed by atoms with E-state index in [1.165, 1.54) is 18.2 Å². The molecule has 0 aromatic heterocycles. The number of sulfonamides is 1. The molecular formula is C17H17ClN2O5S. The number of anilines is 1. The number of ether oxygens (including phenoxy) is 2. The van der Waals surface area contributed by atoms with Crippen LogP contribution in [0.15, 0.2) is 41.3 Å². The van der Waals surface area contributed by atoms with Crippen molar-refractivity contribution in [3.63, 3.8) is 0 Å². The van der Waals surface area contributed by atoms with E-state index in [9.17, 15) is 13.2 Å². The summed E-state index contributed by atoms with van der Waals surface area (Å²) in [7, 11) is -3.87. The summed E-state index contributed by atoms with van der Waals surface area (Å²) < 4.78 is 37.8. The van der Waals surface area contributed by atoms with E-state index in [0.717, 1.165) is 5.56 Å². The molecule has 138 valence electrons. The third-order valence-electron chi connectivity index (χ3n) is 3.72. The van der Waals surface area contributed by atoms with Gasteiger partial charge in [-0.1, -0.05) is 17.7 Å². The quantitative estimate of drug-likeness (QED) is 0.809. The number of fused-ring (bicyclic) bond motifs is 1. The highest BCUT2D eigenvalue weighted by Gasteiger charge is 2.20. The van der Waals surface area contributed by atoms with Crippen molar-refractivity contribution in [3.05, 3.63) is 47.0 Å². The Morgan fingerprint density at radius 3 is 2.62 bits per heavy atom. The second kappa shape index (κ2) is 7.53. The van der Waals surface area contributed by atoms with Gasteiger partial charge in [0.25, 0.3) is 0 Å². The number of amides is 1. The van der Waals surface area contributed by atoms with Gasteiger partial charge < -0.3 is 14.8 Å². The minimum Gasteiger partial charge on any atom is -0.486 e. The van der Waals surface area contributed by atoms with Gasteiger partial charge in [-0.2, -0.15) is 0 Å². The zero-order chi connectivity index (χ0) is 18.7. The monoisotopic (exact) mass is 396 g/mol. The van der Waals surface area contributed by atoms with Crippen LogP contribution >= 0.6 is 11.6 Å². The van der Waals surface area contributed by atoms with Gasteiger partial charge in [-0.05, 0) is 36.8 Å². The molecule has 9 heteroatoms. The molecule has 0 unspecified atom stereocenters. The van der Waals surface area contributed by atoms with Crippen molar-refractivity contribution in [2.75, 3.05) is 25.1 Å². The maximum atomic E-state index is 12.4. The Labute approximate surface area is 156 Å². The van der Waals surface area contributed by atoms with Crippen molar-refractivity contribution in [2.24, 2.45) is 0 Å². The Morgan fingerprint density at radius 1 is 1.12 bits per heavy atom. The first-order chi connectivity index (χ1) is 12.3. The molecule has 1 heterocycles. The van der Waals surface area contributed by atoms with Gasteiger partial charge in [0.05, 0.1) is 11.4 Å². The summed E-state index contributed by atoms with van der Waals surface area (Å²) in [5.74, 6) is 0.346. The lowest BCUT2D eigenvalue weighted by molar-refractivity contribution is -0.115. The fourth-order valence-corrected chi connectivity index (χ4v) is 3.53. The number of rotatable bonds is 5. The summed E-state index contributed by atoms with van der Waals surface area (Å²) in [5, 5.41) is 3.10. The lowest BCUT2D eigenvalue weighted by Crippen LogP contribution is -2.33. The van der Waals surface area contributed by atoms with E-state index in [2.05, 4.69) is 10.0 Å². The summed E-state index contributed by atoms with van der Waals surface area (Å²) >= 11 is 5.90. The minimum absolute atomic E-state index is 0.00603. The van der Waals surface area contributed by atoms with E-state index in [0.29, 0.717) is 35.4 Å². The van der Waals surface area contributed by atoms with Crippen LogP contribution in [0.2, 0.25) is 5.02 Å². The maximum Gasteiger partial charge on any atom is 0.241 e. The fraction of sp³-hybridized carbons (Fsp3) is 0.235. The summed E-state index contributed by atoms with van der Waals surface area (Å²) in [6.45, 7) is 2.17. The zero-order valence-corrected chi connectivity index (χ0v) is 15.5. The topological polar surface area (TPSA) is 93.7 Å². The molecule has 0 bridgehead atoms. The molecule has 2 aromatic rings. The Hall–Kier alpha value is -2.29. The van der Waals surface area contributed by atoms with Crippen LogP contribution in [-0.2, 0) is 14.8 Å². The molecule has 0 aliphatic carbocycles. The summed E-state index contributed by atoms with van der Waals surface area (Å²) in [5.41, 5.74) is 1.35. The molecule has 0 saturated heterocycles. The number of hydrogen-bond donors (Lipinski definition) is 2. The van der Waals surface area contributed by atoms with Gasteiger partial charge in [-0.15, -0.1) is 0 Å². The van der Waals surface area contributed by atoms with Crippen molar-refractivity contribution in [3.8, 4) is 11.5 Å². The normalized spacial score (nSPS) is 13.3. The van der Waals surface area contributed by atoms with Crippen molar-refractivity contribution >= 4 is 33.2 Å². The average Bonchev–Trinajstić information content (AvgIpc) is 2.63.